The average molecular weight is 284 g/mol. The van der Waals surface area contributed by atoms with Gasteiger partial charge in [-0.05, 0) is 44.7 Å². The van der Waals surface area contributed by atoms with Crippen LogP contribution >= 0.6 is 15.9 Å². The first-order valence-electron chi connectivity index (χ1n) is 5.99. The third kappa shape index (κ3) is 2.97. The maximum Gasteiger partial charge on any atom is 0.142 e. The second-order valence-electron chi connectivity index (χ2n) is 4.41. The van der Waals surface area contributed by atoms with Gasteiger partial charge in [-0.25, -0.2) is 0 Å². The van der Waals surface area contributed by atoms with Crippen LogP contribution in [0.25, 0.3) is 0 Å². The minimum absolute atomic E-state index is 0.399. The largest absolute Gasteiger partial charge is 0.488 e. The molecule has 0 N–H and O–H groups in total. The van der Waals surface area contributed by atoms with Crippen LogP contribution in [0.15, 0.2) is 12.1 Å². The van der Waals surface area contributed by atoms with E-state index < -0.39 is 0 Å². The molecule has 1 heterocycles. The first-order valence-corrected chi connectivity index (χ1v) is 7.11. The van der Waals surface area contributed by atoms with Crippen molar-refractivity contribution in [1.29, 1.82) is 0 Å². The van der Waals surface area contributed by atoms with Crippen LogP contribution in [-0.2, 0) is 5.33 Å². The van der Waals surface area contributed by atoms with Crippen molar-refractivity contribution in [2.24, 2.45) is 0 Å². The van der Waals surface area contributed by atoms with Crippen molar-refractivity contribution in [2.45, 2.75) is 50.5 Å². The molecule has 0 amide bonds. The summed E-state index contributed by atoms with van der Waals surface area (Å²) in [5.41, 5.74) is 2.07. The monoisotopic (exact) mass is 283 g/mol. The lowest BCUT2D eigenvalue weighted by atomic mass is 9.98. The summed E-state index contributed by atoms with van der Waals surface area (Å²) in [7, 11) is 0. The van der Waals surface area contributed by atoms with Gasteiger partial charge in [0.15, 0.2) is 0 Å². The molecule has 1 aromatic heterocycles. The van der Waals surface area contributed by atoms with Crippen LogP contribution in [0, 0.1) is 6.92 Å². The highest BCUT2D eigenvalue weighted by Crippen LogP contribution is 2.26. The highest BCUT2D eigenvalue weighted by atomic mass is 79.9. The Morgan fingerprint density at radius 1 is 1.31 bits per heavy atom. The van der Waals surface area contributed by atoms with Crippen molar-refractivity contribution in [1.82, 2.24) is 4.98 Å². The van der Waals surface area contributed by atoms with Gasteiger partial charge in [-0.3, -0.25) is 4.98 Å². The Bertz CT molecular complexity index is 348. The molecule has 1 saturated carbocycles. The first-order chi connectivity index (χ1) is 7.79. The molecule has 0 saturated heterocycles. The average Bonchev–Trinajstić information content (AvgIpc) is 2.33. The van der Waals surface area contributed by atoms with Gasteiger partial charge in [0.05, 0.1) is 11.8 Å². The fraction of sp³-hybridized carbons (Fsp3) is 0.615. The zero-order valence-electron chi connectivity index (χ0n) is 9.71. The number of hydrogen-bond donors (Lipinski definition) is 0. The SMILES string of the molecule is Cc1ccc(OC2CCCCC2)c(CBr)n1. The summed E-state index contributed by atoms with van der Waals surface area (Å²) >= 11 is 3.46. The van der Waals surface area contributed by atoms with Gasteiger partial charge in [0.25, 0.3) is 0 Å². The van der Waals surface area contributed by atoms with Crippen molar-refractivity contribution in [3.05, 3.63) is 23.5 Å². The Labute approximate surface area is 106 Å². The van der Waals surface area contributed by atoms with Crippen LogP contribution in [0.4, 0.5) is 0 Å². The van der Waals surface area contributed by atoms with Crippen molar-refractivity contribution in [3.8, 4) is 5.75 Å². The lowest BCUT2D eigenvalue weighted by molar-refractivity contribution is 0.153. The molecule has 0 radical (unpaired) electrons. The van der Waals surface area contributed by atoms with E-state index in [-0.39, 0.29) is 0 Å². The Morgan fingerprint density at radius 2 is 2.06 bits per heavy atom. The molecule has 2 rings (SSSR count). The molecule has 0 spiro atoms. The van der Waals surface area contributed by atoms with Gasteiger partial charge in [0, 0.05) is 11.0 Å². The molecule has 0 aromatic carbocycles. The topological polar surface area (TPSA) is 22.1 Å². The Kier molecular flexibility index (Phi) is 4.22. The number of nitrogens with zero attached hydrogens (tertiary/aromatic N) is 1. The van der Waals surface area contributed by atoms with E-state index >= 15 is 0 Å². The normalized spacial score (nSPS) is 17.4. The van der Waals surface area contributed by atoms with Crippen LogP contribution in [0.2, 0.25) is 0 Å². The van der Waals surface area contributed by atoms with Crippen molar-refractivity contribution in [3.63, 3.8) is 0 Å². The Hall–Kier alpha value is -0.570. The number of halogens is 1. The van der Waals surface area contributed by atoms with E-state index in [0.29, 0.717) is 6.10 Å². The summed E-state index contributed by atoms with van der Waals surface area (Å²) in [5, 5.41) is 0.761. The second kappa shape index (κ2) is 5.67. The molecule has 1 aromatic rings. The number of aromatic nitrogens is 1. The molecule has 0 bridgehead atoms. The van der Waals surface area contributed by atoms with Crippen molar-refractivity contribution >= 4 is 15.9 Å². The number of ether oxygens (including phenoxy) is 1. The van der Waals surface area contributed by atoms with Gasteiger partial charge in [0.1, 0.15) is 5.75 Å². The molecule has 2 nitrogen and oxygen atoms in total. The fourth-order valence-corrected chi connectivity index (χ4v) is 2.57. The lowest BCUT2D eigenvalue weighted by Gasteiger charge is -2.23. The summed E-state index contributed by atoms with van der Waals surface area (Å²) < 4.78 is 6.04. The summed E-state index contributed by atoms with van der Waals surface area (Å²) in [5.74, 6) is 0.953. The van der Waals surface area contributed by atoms with Crippen LogP contribution in [0.1, 0.15) is 43.5 Å². The van der Waals surface area contributed by atoms with E-state index in [2.05, 4.69) is 20.9 Å². The van der Waals surface area contributed by atoms with E-state index in [4.69, 9.17) is 4.74 Å². The molecule has 1 fully saturated rings. The molecule has 88 valence electrons. The molecular formula is C13H18BrNO. The van der Waals surface area contributed by atoms with E-state index in [0.717, 1.165) is 22.5 Å². The highest BCUT2D eigenvalue weighted by molar-refractivity contribution is 9.08. The predicted octanol–water partition coefficient (Wildman–Crippen LogP) is 4.00. The minimum Gasteiger partial charge on any atom is -0.488 e. The van der Waals surface area contributed by atoms with Gasteiger partial charge in [0.2, 0.25) is 0 Å². The third-order valence-corrected chi connectivity index (χ3v) is 3.58. The molecule has 0 atom stereocenters. The number of pyridine rings is 1. The maximum atomic E-state index is 6.04. The van der Waals surface area contributed by atoms with Crippen LogP contribution < -0.4 is 4.74 Å². The zero-order valence-corrected chi connectivity index (χ0v) is 11.3. The number of hydrogen-bond acceptors (Lipinski definition) is 2. The van der Waals surface area contributed by atoms with E-state index in [1.807, 2.05) is 19.1 Å². The third-order valence-electron chi connectivity index (χ3n) is 3.04. The van der Waals surface area contributed by atoms with Gasteiger partial charge in [-0.15, -0.1) is 0 Å². The first kappa shape index (κ1) is 11.9. The van der Waals surface area contributed by atoms with Crippen LogP contribution in [-0.4, -0.2) is 11.1 Å². The summed E-state index contributed by atoms with van der Waals surface area (Å²) in [6.45, 7) is 2.01. The predicted molar refractivity (Wildman–Crippen MR) is 69.1 cm³/mol. The summed E-state index contributed by atoms with van der Waals surface area (Å²) in [6.07, 6.45) is 6.74. The lowest BCUT2D eigenvalue weighted by Crippen LogP contribution is -2.20. The second-order valence-corrected chi connectivity index (χ2v) is 4.97. The van der Waals surface area contributed by atoms with Crippen LogP contribution in [0.5, 0.6) is 5.75 Å². The standard InChI is InChI=1S/C13H18BrNO/c1-10-7-8-13(12(9-14)15-10)16-11-5-3-2-4-6-11/h7-8,11H,2-6,9H2,1H3. The summed E-state index contributed by atoms with van der Waals surface area (Å²) in [6, 6.07) is 4.07. The molecule has 16 heavy (non-hydrogen) atoms. The van der Waals surface area contributed by atoms with Gasteiger partial charge >= 0.3 is 0 Å². The number of rotatable bonds is 3. The van der Waals surface area contributed by atoms with E-state index in [1.54, 1.807) is 0 Å². The smallest absolute Gasteiger partial charge is 0.142 e. The molecule has 3 heteroatoms. The fourth-order valence-electron chi connectivity index (χ4n) is 2.16. The zero-order chi connectivity index (χ0) is 11.4. The Balaban J connectivity index is 2.07. The molecular weight excluding hydrogens is 266 g/mol. The van der Waals surface area contributed by atoms with Crippen molar-refractivity contribution in [2.75, 3.05) is 0 Å². The van der Waals surface area contributed by atoms with Crippen molar-refractivity contribution < 1.29 is 4.74 Å². The number of aryl methyl sites for hydroxylation is 1. The molecule has 1 aliphatic rings. The maximum absolute atomic E-state index is 6.04. The van der Waals surface area contributed by atoms with Crippen LogP contribution in [0.3, 0.4) is 0 Å². The highest BCUT2D eigenvalue weighted by Gasteiger charge is 2.16. The van der Waals surface area contributed by atoms with E-state index in [1.165, 1.54) is 32.1 Å². The quantitative estimate of drug-likeness (QED) is 0.783. The van der Waals surface area contributed by atoms with Gasteiger partial charge in [-0.1, -0.05) is 22.4 Å². The molecule has 0 aliphatic heterocycles. The number of alkyl halides is 1. The summed E-state index contributed by atoms with van der Waals surface area (Å²) in [4.78, 5) is 4.49. The molecule has 0 unspecified atom stereocenters. The molecule has 1 aliphatic carbocycles. The van der Waals surface area contributed by atoms with E-state index in [9.17, 15) is 0 Å². The van der Waals surface area contributed by atoms with Gasteiger partial charge in [-0.2, -0.15) is 0 Å². The van der Waals surface area contributed by atoms with Gasteiger partial charge < -0.3 is 4.74 Å². The minimum atomic E-state index is 0.399. The Morgan fingerprint density at radius 3 is 2.75 bits per heavy atom.